The van der Waals surface area contributed by atoms with Gasteiger partial charge in [0.1, 0.15) is 5.60 Å². The summed E-state index contributed by atoms with van der Waals surface area (Å²) in [6.07, 6.45) is 2.85. The zero-order valence-electron chi connectivity index (χ0n) is 15.2. The molecule has 0 unspecified atom stereocenters. The summed E-state index contributed by atoms with van der Waals surface area (Å²) in [4.78, 5) is 12.6. The summed E-state index contributed by atoms with van der Waals surface area (Å²) < 4.78 is 5.81. The minimum atomic E-state index is -0.462. The third kappa shape index (κ3) is 5.23. The molecule has 0 fully saturated rings. The highest BCUT2D eigenvalue weighted by Gasteiger charge is 2.25. The van der Waals surface area contributed by atoms with Gasteiger partial charge in [0, 0.05) is 0 Å². The molecule has 2 aromatic carbocycles. The van der Waals surface area contributed by atoms with E-state index in [-0.39, 0.29) is 5.97 Å². The van der Waals surface area contributed by atoms with E-state index in [1.165, 1.54) is 5.56 Å². The molecular formula is C22H28O2. The number of ether oxygens (including phenoxy) is 1. The summed E-state index contributed by atoms with van der Waals surface area (Å²) in [5, 5.41) is 0. The minimum Gasteiger partial charge on any atom is -0.456 e. The van der Waals surface area contributed by atoms with Gasteiger partial charge in [-0.3, -0.25) is 0 Å². The topological polar surface area (TPSA) is 26.3 Å². The van der Waals surface area contributed by atoms with Crippen LogP contribution in [0.3, 0.4) is 0 Å². The van der Waals surface area contributed by atoms with Gasteiger partial charge < -0.3 is 4.74 Å². The lowest BCUT2D eigenvalue weighted by Crippen LogP contribution is -2.28. The maximum absolute atomic E-state index is 12.6. The van der Waals surface area contributed by atoms with Crippen LogP contribution in [0, 0.1) is 0 Å². The number of benzene rings is 2. The standard InChI is InChI=1S/C22H28O2/c1-17(2)19-14-8-9-15-20(19)21(23)24-22(3,4)16-10-13-18-11-6-5-7-12-18/h5-9,11-12,14-15,17H,10,13,16H2,1-4H3. The largest absolute Gasteiger partial charge is 0.456 e. The smallest absolute Gasteiger partial charge is 0.338 e. The molecule has 0 saturated heterocycles. The van der Waals surface area contributed by atoms with Crippen LogP contribution in [-0.2, 0) is 11.2 Å². The molecule has 2 nitrogen and oxygen atoms in total. The fourth-order valence-electron chi connectivity index (χ4n) is 2.91. The summed E-state index contributed by atoms with van der Waals surface area (Å²) in [5.74, 6) is 0.0824. The van der Waals surface area contributed by atoms with Crippen LogP contribution in [0.25, 0.3) is 0 Å². The van der Waals surface area contributed by atoms with Crippen LogP contribution in [0.4, 0.5) is 0 Å². The summed E-state index contributed by atoms with van der Waals surface area (Å²) in [6, 6.07) is 18.1. The Kier molecular flexibility index (Phi) is 6.19. The molecule has 2 rings (SSSR count). The van der Waals surface area contributed by atoms with Crippen molar-refractivity contribution < 1.29 is 9.53 Å². The quantitative estimate of drug-likeness (QED) is 0.604. The van der Waals surface area contributed by atoms with Gasteiger partial charge in [-0.1, -0.05) is 62.4 Å². The van der Waals surface area contributed by atoms with Gasteiger partial charge in [-0.15, -0.1) is 0 Å². The van der Waals surface area contributed by atoms with E-state index in [1.54, 1.807) is 0 Å². The summed E-state index contributed by atoms with van der Waals surface area (Å²) in [7, 11) is 0. The molecule has 0 aliphatic rings. The number of hydrogen-bond acceptors (Lipinski definition) is 2. The molecule has 0 radical (unpaired) electrons. The Balaban J connectivity index is 1.94. The number of hydrogen-bond donors (Lipinski definition) is 0. The van der Waals surface area contributed by atoms with E-state index in [0.717, 1.165) is 24.8 Å². The van der Waals surface area contributed by atoms with E-state index in [9.17, 15) is 4.79 Å². The van der Waals surface area contributed by atoms with Crippen molar-refractivity contribution in [2.45, 2.75) is 58.5 Å². The number of rotatable bonds is 7. The van der Waals surface area contributed by atoms with Crippen molar-refractivity contribution in [3.8, 4) is 0 Å². The Labute approximate surface area is 145 Å². The van der Waals surface area contributed by atoms with Crippen LogP contribution in [0.2, 0.25) is 0 Å². The Morgan fingerprint density at radius 2 is 1.62 bits per heavy atom. The van der Waals surface area contributed by atoms with Crippen molar-refractivity contribution in [3.63, 3.8) is 0 Å². The van der Waals surface area contributed by atoms with Crippen molar-refractivity contribution in [2.75, 3.05) is 0 Å². The van der Waals surface area contributed by atoms with Gasteiger partial charge >= 0.3 is 5.97 Å². The number of carbonyl (C=O) groups excluding carboxylic acids is 1. The van der Waals surface area contributed by atoms with E-state index in [4.69, 9.17) is 4.74 Å². The maximum atomic E-state index is 12.6. The van der Waals surface area contributed by atoms with Crippen LogP contribution >= 0.6 is 0 Å². The Hall–Kier alpha value is -2.09. The first-order valence-corrected chi connectivity index (χ1v) is 8.75. The molecule has 2 aromatic rings. The van der Waals surface area contributed by atoms with Crippen LogP contribution in [0.5, 0.6) is 0 Å². The van der Waals surface area contributed by atoms with E-state index in [1.807, 2.05) is 44.2 Å². The molecule has 0 aliphatic carbocycles. The lowest BCUT2D eigenvalue weighted by Gasteiger charge is -2.26. The number of carbonyl (C=O) groups is 1. The van der Waals surface area contributed by atoms with Gasteiger partial charge in [0.15, 0.2) is 0 Å². The fourth-order valence-corrected chi connectivity index (χ4v) is 2.91. The molecule has 0 saturated carbocycles. The van der Waals surface area contributed by atoms with Crippen molar-refractivity contribution in [3.05, 3.63) is 71.3 Å². The predicted molar refractivity (Wildman–Crippen MR) is 99.4 cm³/mol. The van der Waals surface area contributed by atoms with Gasteiger partial charge in [0.25, 0.3) is 0 Å². The van der Waals surface area contributed by atoms with Crippen molar-refractivity contribution in [1.82, 2.24) is 0 Å². The monoisotopic (exact) mass is 324 g/mol. The minimum absolute atomic E-state index is 0.219. The molecule has 0 spiro atoms. The highest BCUT2D eigenvalue weighted by atomic mass is 16.6. The number of esters is 1. The van der Waals surface area contributed by atoms with Crippen LogP contribution in [0.1, 0.15) is 67.9 Å². The molecule has 0 aliphatic heterocycles. The zero-order chi connectivity index (χ0) is 17.6. The van der Waals surface area contributed by atoms with Gasteiger partial charge in [0.2, 0.25) is 0 Å². The molecule has 0 atom stereocenters. The summed E-state index contributed by atoms with van der Waals surface area (Å²) >= 11 is 0. The highest BCUT2D eigenvalue weighted by molar-refractivity contribution is 5.91. The zero-order valence-corrected chi connectivity index (χ0v) is 15.2. The van der Waals surface area contributed by atoms with E-state index >= 15 is 0 Å². The molecule has 2 heteroatoms. The normalized spacial score (nSPS) is 11.5. The molecule has 24 heavy (non-hydrogen) atoms. The lowest BCUT2D eigenvalue weighted by atomic mass is 9.96. The summed E-state index contributed by atoms with van der Waals surface area (Å²) in [6.45, 7) is 8.18. The molecule has 0 aromatic heterocycles. The third-order valence-corrected chi connectivity index (χ3v) is 4.26. The molecule has 0 bridgehead atoms. The van der Waals surface area contributed by atoms with E-state index in [0.29, 0.717) is 11.5 Å². The van der Waals surface area contributed by atoms with Gasteiger partial charge in [-0.25, -0.2) is 4.79 Å². The fraction of sp³-hybridized carbons (Fsp3) is 0.409. The highest BCUT2D eigenvalue weighted by Crippen LogP contribution is 2.24. The molecule has 0 amide bonds. The van der Waals surface area contributed by atoms with Crippen LogP contribution < -0.4 is 0 Å². The van der Waals surface area contributed by atoms with Gasteiger partial charge in [-0.05, 0) is 56.2 Å². The average Bonchev–Trinajstić information content (AvgIpc) is 2.55. The van der Waals surface area contributed by atoms with Crippen molar-refractivity contribution in [2.24, 2.45) is 0 Å². The number of aryl methyl sites for hydroxylation is 1. The lowest BCUT2D eigenvalue weighted by molar-refractivity contribution is -0.00535. The van der Waals surface area contributed by atoms with Crippen molar-refractivity contribution >= 4 is 5.97 Å². The van der Waals surface area contributed by atoms with Crippen LogP contribution in [0.15, 0.2) is 54.6 Å². The second-order valence-corrected chi connectivity index (χ2v) is 7.23. The Bertz CT molecular complexity index is 657. The maximum Gasteiger partial charge on any atom is 0.338 e. The molecular weight excluding hydrogens is 296 g/mol. The SMILES string of the molecule is CC(C)c1ccccc1C(=O)OC(C)(C)CCCc1ccccc1. The second-order valence-electron chi connectivity index (χ2n) is 7.23. The first-order chi connectivity index (χ1) is 11.4. The molecule has 128 valence electrons. The summed E-state index contributed by atoms with van der Waals surface area (Å²) in [5.41, 5.74) is 2.59. The molecule has 0 N–H and O–H groups in total. The van der Waals surface area contributed by atoms with Crippen molar-refractivity contribution in [1.29, 1.82) is 0 Å². The average molecular weight is 324 g/mol. The van der Waals surface area contributed by atoms with Crippen LogP contribution in [-0.4, -0.2) is 11.6 Å². The Morgan fingerprint density at radius 3 is 2.29 bits per heavy atom. The first kappa shape index (κ1) is 18.3. The van der Waals surface area contributed by atoms with E-state index in [2.05, 4.69) is 38.1 Å². The van der Waals surface area contributed by atoms with E-state index < -0.39 is 5.60 Å². The first-order valence-electron chi connectivity index (χ1n) is 8.75. The Morgan fingerprint density at radius 1 is 1.00 bits per heavy atom. The second kappa shape index (κ2) is 8.14. The molecule has 0 heterocycles. The third-order valence-electron chi connectivity index (χ3n) is 4.26. The van der Waals surface area contributed by atoms with Gasteiger partial charge in [0.05, 0.1) is 5.56 Å². The predicted octanol–water partition coefficient (Wildman–Crippen LogP) is 5.77. The van der Waals surface area contributed by atoms with Gasteiger partial charge in [-0.2, -0.15) is 0 Å².